The summed E-state index contributed by atoms with van der Waals surface area (Å²) in [4.78, 5) is 17.1. The van der Waals surface area contributed by atoms with Crippen molar-refractivity contribution < 1.29 is 14.6 Å². The first-order valence-electron chi connectivity index (χ1n) is 5.76. The van der Waals surface area contributed by atoms with Crippen molar-refractivity contribution in [2.75, 3.05) is 25.1 Å². The van der Waals surface area contributed by atoms with Gasteiger partial charge in [0.2, 0.25) is 0 Å². The average molecular weight is 271 g/mol. The summed E-state index contributed by atoms with van der Waals surface area (Å²) in [7, 11) is 0. The molecule has 18 heavy (non-hydrogen) atoms. The van der Waals surface area contributed by atoms with Crippen LogP contribution in [0, 0.1) is 13.8 Å². The van der Waals surface area contributed by atoms with E-state index in [1.54, 1.807) is 0 Å². The van der Waals surface area contributed by atoms with Crippen molar-refractivity contribution in [1.29, 1.82) is 0 Å². The molecule has 2 rings (SSSR count). The first-order valence-corrected chi connectivity index (χ1v) is 6.58. The number of carbonyl (C=O) groups is 1. The third-order valence-corrected chi connectivity index (χ3v) is 4.02. The van der Waals surface area contributed by atoms with Crippen LogP contribution in [-0.2, 0) is 4.74 Å². The third-order valence-electron chi connectivity index (χ3n) is 3.03. The molecule has 1 saturated heterocycles. The number of carbonyl (C=O) groups excluding carboxylic acids is 1. The number of nitrogens with zero attached hydrogens (tertiary/aromatic N) is 1. The van der Waals surface area contributed by atoms with Crippen molar-refractivity contribution >= 4 is 22.5 Å². The Balaban J connectivity index is 1.96. The predicted octanol–water partition coefficient (Wildman–Crippen LogP) is 1.03. The minimum absolute atomic E-state index is 0.129. The maximum atomic E-state index is 11.8. The summed E-state index contributed by atoms with van der Waals surface area (Å²) < 4.78 is 5.21. The van der Waals surface area contributed by atoms with E-state index in [0.29, 0.717) is 24.8 Å². The summed E-state index contributed by atoms with van der Waals surface area (Å²) in [6.45, 7) is 4.62. The van der Waals surface area contributed by atoms with Crippen molar-refractivity contribution in [3.8, 4) is 0 Å². The highest BCUT2D eigenvalue weighted by atomic mass is 32.1. The predicted molar refractivity (Wildman–Crippen MR) is 69.0 cm³/mol. The Morgan fingerprint density at radius 2 is 2.39 bits per heavy atom. The second kappa shape index (κ2) is 5.21. The maximum Gasteiger partial charge on any atom is 0.321 e. The lowest BCUT2D eigenvalue weighted by molar-refractivity contribution is 0.126. The van der Waals surface area contributed by atoms with Crippen LogP contribution in [0.25, 0.3) is 0 Å². The largest absolute Gasteiger partial charge is 0.394 e. The van der Waals surface area contributed by atoms with Gasteiger partial charge in [-0.3, -0.25) is 5.32 Å². The van der Waals surface area contributed by atoms with Gasteiger partial charge < -0.3 is 15.2 Å². The Kier molecular flexibility index (Phi) is 3.84. The lowest BCUT2D eigenvalue weighted by Gasteiger charge is -2.25. The Hall–Kier alpha value is -1.18. The van der Waals surface area contributed by atoms with Gasteiger partial charge >= 0.3 is 6.03 Å². The molecule has 100 valence electrons. The second-order valence-electron chi connectivity index (χ2n) is 4.48. The molecular weight excluding hydrogens is 254 g/mol. The van der Waals surface area contributed by atoms with E-state index in [9.17, 15) is 9.90 Å². The van der Waals surface area contributed by atoms with Gasteiger partial charge in [0.1, 0.15) is 0 Å². The second-order valence-corrected chi connectivity index (χ2v) is 5.68. The molecule has 1 aliphatic rings. The number of aliphatic hydroxyl groups is 1. The zero-order chi connectivity index (χ0) is 13.2. The molecule has 7 heteroatoms. The standard InChI is InChI=1S/C11H17N3O3S/c1-7-8(2)18-10(12-7)13-9(16)14-11(5-15)3-4-17-6-11/h15H,3-6H2,1-2H3,(H2,12,13,14,16). The fraction of sp³-hybridized carbons (Fsp3) is 0.636. The smallest absolute Gasteiger partial charge is 0.321 e. The summed E-state index contributed by atoms with van der Waals surface area (Å²) in [5.41, 5.74) is 0.252. The van der Waals surface area contributed by atoms with Crippen LogP contribution in [0.5, 0.6) is 0 Å². The summed E-state index contributed by atoms with van der Waals surface area (Å²) >= 11 is 1.43. The lowest BCUT2D eigenvalue weighted by Crippen LogP contribution is -2.53. The molecule has 1 fully saturated rings. The van der Waals surface area contributed by atoms with E-state index in [0.717, 1.165) is 10.6 Å². The molecular formula is C11H17N3O3S. The van der Waals surface area contributed by atoms with E-state index in [1.165, 1.54) is 11.3 Å². The summed E-state index contributed by atoms with van der Waals surface area (Å²) in [6, 6.07) is -0.358. The zero-order valence-corrected chi connectivity index (χ0v) is 11.3. The van der Waals surface area contributed by atoms with Gasteiger partial charge in [0.05, 0.1) is 24.4 Å². The van der Waals surface area contributed by atoms with Crippen LogP contribution >= 0.6 is 11.3 Å². The SMILES string of the molecule is Cc1nc(NC(=O)NC2(CO)CCOC2)sc1C. The fourth-order valence-corrected chi connectivity index (χ4v) is 2.58. The number of rotatable bonds is 3. The number of aromatic nitrogens is 1. The Bertz CT molecular complexity index is 421. The summed E-state index contributed by atoms with van der Waals surface area (Å²) in [5, 5.41) is 15.3. The van der Waals surface area contributed by atoms with Crippen molar-refractivity contribution in [3.05, 3.63) is 10.6 Å². The molecule has 0 aliphatic carbocycles. The van der Waals surface area contributed by atoms with Crippen LogP contribution in [0.3, 0.4) is 0 Å². The van der Waals surface area contributed by atoms with Crippen LogP contribution < -0.4 is 10.6 Å². The van der Waals surface area contributed by atoms with Crippen molar-refractivity contribution in [2.45, 2.75) is 25.8 Å². The van der Waals surface area contributed by atoms with Crippen LogP contribution in [0.1, 0.15) is 17.0 Å². The number of hydrogen-bond acceptors (Lipinski definition) is 5. The fourth-order valence-electron chi connectivity index (χ4n) is 1.77. The number of anilines is 1. The highest BCUT2D eigenvalue weighted by molar-refractivity contribution is 7.15. The molecule has 1 unspecified atom stereocenters. The van der Waals surface area contributed by atoms with Crippen LogP contribution in [0.4, 0.5) is 9.93 Å². The first-order chi connectivity index (χ1) is 8.54. The number of thiazole rings is 1. The topological polar surface area (TPSA) is 83.5 Å². The van der Waals surface area contributed by atoms with Crippen LogP contribution in [0.15, 0.2) is 0 Å². The molecule has 0 saturated carbocycles. The molecule has 0 spiro atoms. The van der Waals surface area contributed by atoms with Gasteiger partial charge in [-0.25, -0.2) is 9.78 Å². The number of aryl methyl sites for hydroxylation is 2. The number of ether oxygens (including phenoxy) is 1. The van der Waals surface area contributed by atoms with Crippen LogP contribution in [-0.4, -0.2) is 41.5 Å². The lowest BCUT2D eigenvalue weighted by atomic mass is 10.0. The maximum absolute atomic E-state index is 11.8. The van der Waals surface area contributed by atoms with E-state index in [1.807, 2.05) is 13.8 Å². The highest BCUT2D eigenvalue weighted by Gasteiger charge is 2.36. The van der Waals surface area contributed by atoms with Gasteiger partial charge in [-0.2, -0.15) is 0 Å². The Morgan fingerprint density at radius 3 is 2.89 bits per heavy atom. The first kappa shape index (κ1) is 13.3. The molecule has 3 N–H and O–H groups in total. The number of urea groups is 1. The number of hydrogen-bond donors (Lipinski definition) is 3. The van der Waals surface area contributed by atoms with E-state index >= 15 is 0 Å². The molecule has 2 heterocycles. The van der Waals surface area contributed by atoms with Crippen LogP contribution in [0.2, 0.25) is 0 Å². The summed E-state index contributed by atoms with van der Waals surface area (Å²) in [5.74, 6) is 0. The van der Waals surface area contributed by atoms with E-state index < -0.39 is 5.54 Å². The van der Waals surface area contributed by atoms with Crippen molar-refractivity contribution in [1.82, 2.24) is 10.3 Å². The molecule has 1 aromatic heterocycles. The molecule has 2 amide bonds. The normalized spacial score (nSPS) is 23.1. The van der Waals surface area contributed by atoms with Crippen molar-refractivity contribution in [3.63, 3.8) is 0 Å². The third kappa shape index (κ3) is 2.80. The summed E-state index contributed by atoms with van der Waals surface area (Å²) in [6.07, 6.45) is 0.618. The molecule has 0 bridgehead atoms. The minimum Gasteiger partial charge on any atom is -0.394 e. The zero-order valence-electron chi connectivity index (χ0n) is 10.4. The molecule has 0 radical (unpaired) electrons. The molecule has 0 aromatic carbocycles. The van der Waals surface area contributed by atoms with Crippen molar-refractivity contribution in [2.24, 2.45) is 0 Å². The van der Waals surface area contributed by atoms with Gasteiger partial charge in [-0.1, -0.05) is 0 Å². The highest BCUT2D eigenvalue weighted by Crippen LogP contribution is 2.22. The molecule has 1 aliphatic heterocycles. The number of aliphatic hydroxyl groups excluding tert-OH is 1. The van der Waals surface area contributed by atoms with E-state index in [-0.39, 0.29) is 12.6 Å². The van der Waals surface area contributed by atoms with Gasteiger partial charge in [-0.05, 0) is 20.3 Å². The van der Waals surface area contributed by atoms with Gasteiger partial charge in [0, 0.05) is 11.5 Å². The Morgan fingerprint density at radius 1 is 1.61 bits per heavy atom. The monoisotopic (exact) mass is 271 g/mol. The molecule has 1 atom stereocenters. The molecule has 1 aromatic rings. The van der Waals surface area contributed by atoms with Gasteiger partial charge in [0.15, 0.2) is 5.13 Å². The quantitative estimate of drug-likeness (QED) is 0.767. The van der Waals surface area contributed by atoms with E-state index in [2.05, 4.69) is 15.6 Å². The number of amides is 2. The minimum atomic E-state index is -0.661. The van der Waals surface area contributed by atoms with Gasteiger partial charge in [-0.15, -0.1) is 11.3 Å². The van der Waals surface area contributed by atoms with E-state index in [4.69, 9.17) is 4.74 Å². The Labute approximate surface area is 109 Å². The van der Waals surface area contributed by atoms with Gasteiger partial charge in [0.25, 0.3) is 0 Å². The average Bonchev–Trinajstić information content (AvgIpc) is 2.88. The molecule has 6 nitrogen and oxygen atoms in total. The number of nitrogens with one attached hydrogen (secondary N) is 2.